The molecule has 140 valence electrons. The number of anilines is 1. The molecule has 4 rings (SSSR count). The van der Waals surface area contributed by atoms with Crippen LogP contribution in [-0.4, -0.2) is 48.9 Å². The van der Waals surface area contributed by atoms with Crippen molar-refractivity contribution in [1.29, 1.82) is 0 Å². The third kappa shape index (κ3) is 3.79. The number of hydrogen-bond acceptors (Lipinski definition) is 7. The van der Waals surface area contributed by atoms with Crippen LogP contribution in [0.25, 0.3) is 21.5 Å². The largest absolute Gasteiger partial charge is 0.422 e. The fourth-order valence-corrected chi connectivity index (χ4v) is 4.10. The van der Waals surface area contributed by atoms with Crippen LogP contribution in [0.15, 0.2) is 38.9 Å². The first kappa shape index (κ1) is 17.9. The van der Waals surface area contributed by atoms with E-state index in [-0.39, 0.29) is 12.2 Å². The molecule has 6 nitrogen and oxygen atoms in total. The first-order valence-corrected chi connectivity index (χ1v) is 9.83. The van der Waals surface area contributed by atoms with E-state index in [1.165, 1.54) is 18.3 Å². The van der Waals surface area contributed by atoms with Gasteiger partial charge in [0.05, 0.1) is 11.3 Å². The van der Waals surface area contributed by atoms with Gasteiger partial charge in [0.15, 0.2) is 0 Å². The second kappa shape index (κ2) is 7.25. The van der Waals surface area contributed by atoms with Crippen LogP contribution in [0.2, 0.25) is 0 Å². The molecule has 3 aromatic rings. The second-order valence-electron chi connectivity index (χ2n) is 6.98. The lowest BCUT2D eigenvalue weighted by Gasteiger charge is -2.34. The van der Waals surface area contributed by atoms with Crippen molar-refractivity contribution in [2.45, 2.75) is 13.3 Å². The SMILES string of the molecule is CC(=O)Cc1csc(-c2cc3ccc(N4CCN(C)CC4)cc3oc2=O)n1. The number of carbonyl (C=O) groups excluding carboxylic acids is 1. The molecule has 2 aromatic heterocycles. The summed E-state index contributed by atoms with van der Waals surface area (Å²) in [5.74, 6) is 0.0498. The zero-order valence-corrected chi connectivity index (χ0v) is 16.2. The molecule has 0 bridgehead atoms. The highest BCUT2D eigenvalue weighted by atomic mass is 32.1. The maximum absolute atomic E-state index is 12.5. The number of piperazine rings is 1. The quantitative estimate of drug-likeness (QED) is 0.646. The fraction of sp³-hybridized carbons (Fsp3) is 0.350. The minimum absolute atomic E-state index is 0.0498. The lowest BCUT2D eigenvalue weighted by atomic mass is 10.1. The molecule has 7 heteroatoms. The number of rotatable bonds is 4. The smallest absolute Gasteiger partial charge is 0.346 e. The molecular weight excluding hydrogens is 362 g/mol. The number of likely N-dealkylation sites (N-methyl/N-ethyl adjacent to an activating group) is 1. The van der Waals surface area contributed by atoms with Crippen molar-refractivity contribution in [1.82, 2.24) is 9.88 Å². The Bertz CT molecular complexity index is 1050. The van der Waals surface area contributed by atoms with Crippen LogP contribution in [0.5, 0.6) is 0 Å². The van der Waals surface area contributed by atoms with Gasteiger partial charge in [0.2, 0.25) is 0 Å². The number of Topliss-reactive ketones (excluding diaryl/α,β-unsaturated/α-hetero) is 1. The topological polar surface area (TPSA) is 66.7 Å². The highest BCUT2D eigenvalue weighted by molar-refractivity contribution is 7.13. The Morgan fingerprint density at radius 2 is 2.00 bits per heavy atom. The Hall–Kier alpha value is -2.51. The number of benzene rings is 1. The van der Waals surface area contributed by atoms with Crippen molar-refractivity contribution in [2.75, 3.05) is 38.1 Å². The fourth-order valence-electron chi connectivity index (χ4n) is 3.28. The molecule has 1 saturated heterocycles. The van der Waals surface area contributed by atoms with Gasteiger partial charge >= 0.3 is 5.63 Å². The summed E-state index contributed by atoms with van der Waals surface area (Å²) in [6.07, 6.45) is 0.282. The van der Waals surface area contributed by atoms with Crippen molar-refractivity contribution in [3.63, 3.8) is 0 Å². The first-order chi connectivity index (χ1) is 13.0. The summed E-state index contributed by atoms with van der Waals surface area (Å²) < 4.78 is 5.60. The second-order valence-corrected chi connectivity index (χ2v) is 7.84. The third-order valence-corrected chi connectivity index (χ3v) is 5.72. The third-order valence-electron chi connectivity index (χ3n) is 4.80. The monoisotopic (exact) mass is 383 g/mol. The van der Waals surface area contributed by atoms with E-state index in [1.54, 1.807) is 0 Å². The van der Waals surface area contributed by atoms with Gasteiger partial charge in [-0.1, -0.05) is 0 Å². The molecule has 0 N–H and O–H groups in total. The van der Waals surface area contributed by atoms with Crippen molar-refractivity contribution in [3.8, 4) is 10.6 Å². The van der Waals surface area contributed by atoms with Gasteiger partial charge in [0.1, 0.15) is 16.4 Å². The standard InChI is InChI=1S/C20H21N3O3S/c1-13(24)9-15-12-27-19(21-15)17-10-14-3-4-16(11-18(14)26-20(17)25)23-7-5-22(2)6-8-23/h3-4,10-12H,5-9H2,1-2H3. The predicted molar refractivity (Wildman–Crippen MR) is 108 cm³/mol. The Labute approximate surface area is 161 Å². The van der Waals surface area contributed by atoms with Gasteiger partial charge in [-0.2, -0.15) is 0 Å². The predicted octanol–water partition coefficient (Wildman–Crippen LogP) is 2.80. The number of thiazole rings is 1. The Balaban J connectivity index is 1.66. The number of carbonyl (C=O) groups is 1. The van der Waals surface area contributed by atoms with E-state index in [2.05, 4.69) is 27.9 Å². The van der Waals surface area contributed by atoms with Gasteiger partial charge in [-0.05, 0) is 32.2 Å². The summed E-state index contributed by atoms with van der Waals surface area (Å²) in [6, 6.07) is 7.82. The van der Waals surface area contributed by atoms with Crippen LogP contribution in [0.4, 0.5) is 5.69 Å². The molecule has 0 unspecified atom stereocenters. The van der Waals surface area contributed by atoms with E-state index in [9.17, 15) is 9.59 Å². The van der Waals surface area contributed by atoms with Crippen molar-refractivity contribution in [3.05, 3.63) is 45.8 Å². The number of nitrogens with zero attached hydrogens (tertiary/aromatic N) is 3. The molecule has 0 atom stereocenters. The van der Waals surface area contributed by atoms with E-state index in [1.807, 2.05) is 23.6 Å². The van der Waals surface area contributed by atoms with Gasteiger partial charge < -0.3 is 14.2 Å². The van der Waals surface area contributed by atoms with Crippen LogP contribution in [-0.2, 0) is 11.2 Å². The molecule has 0 aliphatic carbocycles. The molecule has 1 fully saturated rings. The van der Waals surface area contributed by atoms with Crippen LogP contribution >= 0.6 is 11.3 Å². The maximum atomic E-state index is 12.5. The molecule has 1 aliphatic rings. The van der Waals surface area contributed by atoms with Crippen LogP contribution < -0.4 is 10.5 Å². The van der Waals surface area contributed by atoms with Crippen molar-refractivity contribution >= 4 is 33.8 Å². The molecule has 0 spiro atoms. The lowest BCUT2D eigenvalue weighted by molar-refractivity contribution is -0.116. The average Bonchev–Trinajstić information content (AvgIpc) is 3.08. The molecule has 1 aliphatic heterocycles. The normalized spacial score (nSPS) is 15.4. The first-order valence-electron chi connectivity index (χ1n) is 8.95. The minimum atomic E-state index is -0.401. The summed E-state index contributed by atoms with van der Waals surface area (Å²) in [5.41, 5.74) is 2.38. The molecular formula is C20H21N3O3S. The molecule has 0 saturated carbocycles. The highest BCUT2D eigenvalue weighted by Gasteiger charge is 2.16. The number of fused-ring (bicyclic) bond motifs is 1. The maximum Gasteiger partial charge on any atom is 0.346 e. The van der Waals surface area contributed by atoms with E-state index >= 15 is 0 Å². The van der Waals surface area contributed by atoms with Gasteiger partial charge in [0.25, 0.3) is 0 Å². The highest BCUT2D eigenvalue weighted by Crippen LogP contribution is 2.27. The van der Waals surface area contributed by atoms with Crippen LogP contribution in [0, 0.1) is 0 Å². The molecule has 27 heavy (non-hydrogen) atoms. The molecule has 3 heterocycles. The zero-order chi connectivity index (χ0) is 19.0. The average molecular weight is 383 g/mol. The summed E-state index contributed by atoms with van der Waals surface area (Å²) in [4.78, 5) is 32.8. The minimum Gasteiger partial charge on any atom is -0.422 e. The lowest BCUT2D eigenvalue weighted by Crippen LogP contribution is -2.44. The van der Waals surface area contributed by atoms with E-state index in [4.69, 9.17) is 4.42 Å². The van der Waals surface area contributed by atoms with Crippen molar-refractivity contribution < 1.29 is 9.21 Å². The summed E-state index contributed by atoms with van der Waals surface area (Å²) in [5, 5.41) is 3.27. The Kier molecular flexibility index (Phi) is 4.80. The van der Waals surface area contributed by atoms with Gasteiger partial charge in [-0.25, -0.2) is 9.78 Å². The Morgan fingerprint density at radius 3 is 2.74 bits per heavy atom. The van der Waals surface area contributed by atoms with E-state index in [0.717, 1.165) is 37.3 Å². The number of aromatic nitrogens is 1. The van der Waals surface area contributed by atoms with E-state index < -0.39 is 5.63 Å². The molecule has 1 aromatic carbocycles. The number of ketones is 1. The number of hydrogen-bond donors (Lipinski definition) is 0. The summed E-state index contributed by atoms with van der Waals surface area (Å²) in [6.45, 7) is 5.49. The summed E-state index contributed by atoms with van der Waals surface area (Å²) >= 11 is 1.36. The summed E-state index contributed by atoms with van der Waals surface area (Å²) in [7, 11) is 2.12. The van der Waals surface area contributed by atoms with Crippen LogP contribution in [0.1, 0.15) is 12.6 Å². The van der Waals surface area contributed by atoms with Gasteiger partial charge in [0, 0.05) is 55.1 Å². The molecule has 0 amide bonds. The van der Waals surface area contributed by atoms with Gasteiger partial charge in [-0.15, -0.1) is 11.3 Å². The van der Waals surface area contributed by atoms with Crippen LogP contribution in [0.3, 0.4) is 0 Å². The zero-order valence-electron chi connectivity index (χ0n) is 15.4. The van der Waals surface area contributed by atoms with Crippen molar-refractivity contribution in [2.24, 2.45) is 0 Å². The van der Waals surface area contributed by atoms with Gasteiger partial charge in [-0.3, -0.25) is 4.79 Å². The van der Waals surface area contributed by atoms with E-state index in [0.29, 0.717) is 21.8 Å². The molecule has 0 radical (unpaired) electrons. The Morgan fingerprint density at radius 1 is 1.22 bits per heavy atom.